The molecule has 0 aliphatic heterocycles. The summed E-state index contributed by atoms with van der Waals surface area (Å²) >= 11 is 0. The van der Waals surface area contributed by atoms with Crippen LogP contribution < -0.4 is 5.73 Å². The molecule has 0 aromatic rings. The van der Waals surface area contributed by atoms with Gasteiger partial charge in [0.05, 0.1) is 13.2 Å². The molecule has 0 fully saturated rings. The highest BCUT2D eigenvalue weighted by Crippen LogP contribution is 2.43. The molecule has 2 atom stereocenters. The van der Waals surface area contributed by atoms with Crippen molar-refractivity contribution in [3.05, 3.63) is 36.5 Å². The highest BCUT2D eigenvalue weighted by atomic mass is 31.2. The second-order valence-electron chi connectivity index (χ2n) is 18.5. The van der Waals surface area contributed by atoms with Gasteiger partial charge in [0.1, 0.15) is 6.61 Å². The number of ether oxygens (including phenoxy) is 2. The molecule has 9 nitrogen and oxygen atoms in total. The third kappa shape index (κ3) is 51.5. The summed E-state index contributed by atoms with van der Waals surface area (Å²) < 4.78 is 33.0. The Morgan fingerprint density at radius 2 is 0.800 bits per heavy atom. The standard InChI is InChI=1S/C55H104NO8P/c1-3-5-7-9-11-13-15-17-19-21-23-24-25-26-27-28-30-32-34-36-38-40-42-44-46-48-55(58)64-53(52-63-65(59,60)62-50-49-56)51-61-54(57)47-45-43-41-39-37-35-33-31-29-22-20-18-16-14-12-10-8-6-4-2/h15,17,21,23,25-26,53H,3-14,16,18-20,22,24,27-52,56H2,1-2H3,(H,59,60)/b17-15-,23-21-,26-25-. The number of allylic oxidation sites excluding steroid dienone is 6. The van der Waals surface area contributed by atoms with Gasteiger partial charge in [0.15, 0.2) is 6.10 Å². The summed E-state index contributed by atoms with van der Waals surface area (Å²) in [7, 11) is -4.38. The molecule has 10 heteroatoms. The lowest BCUT2D eigenvalue weighted by atomic mass is 10.0. The molecule has 2 unspecified atom stereocenters. The molecule has 382 valence electrons. The van der Waals surface area contributed by atoms with E-state index < -0.39 is 26.5 Å². The summed E-state index contributed by atoms with van der Waals surface area (Å²) in [4.78, 5) is 35.1. The summed E-state index contributed by atoms with van der Waals surface area (Å²) in [5.41, 5.74) is 5.37. The Bertz CT molecular complexity index is 1160. The molecule has 0 amide bonds. The maximum atomic E-state index is 12.7. The molecule has 65 heavy (non-hydrogen) atoms. The van der Waals surface area contributed by atoms with Crippen molar-refractivity contribution in [2.24, 2.45) is 5.73 Å². The Labute approximate surface area is 401 Å². The predicted octanol–water partition coefficient (Wildman–Crippen LogP) is 16.8. The van der Waals surface area contributed by atoms with E-state index in [0.717, 1.165) is 57.8 Å². The minimum atomic E-state index is -4.38. The first-order valence-electron chi connectivity index (χ1n) is 27.5. The van der Waals surface area contributed by atoms with Gasteiger partial charge in [-0.3, -0.25) is 18.6 Å². The molecule has 0 aliphatic carbocycles. The second-order valence-corrected chi connectivity index (χ2v) is 19.9. The average molecular weight is 938 g/mol. The monoisotopic (exact) mass is 938 g/mol. The van der Waals surface area contributed by atoms with E-state index in [1.165, 1.54) is 180 Å². The first kappa shape index (κ1) is 63.2. The number of rotatable bonds is 52. The van der Waals surface area contributed by atoms with Gasteiger partial charge in [0, 0.05) is 19.4 Å². The number of nitrogens with two attached hydrogens (primary N) is 1. The fourth-order valence-corrected chi connectivity index (χ4v) is 8.70. The Morgan fingerprint density at radius 1 is 0.462 bits per heavy atom. The predicted molar refractivity (Wildman–Crippen MR) is 275 cm³/mol. The van der Waals surface area contributed by atoms with Gasteiger partial charge in [-0.25, -0.2) is 4.57 Å². The van der Waals surface area contributed by atoms with Crippen LogP contribution in [0.15, 0.2) is 36.5 Å². The fraction of sp³-hybridized carbons (Fsp3) is 0.855. The van der Waals surface area contributed by atoms with Gasteiger partial charge in [-0.05, 0) is 51.4 Å². The molecule has 0 spiro atoms. The number of hydrogen-bond acceptors (Lipinski definition) is 8. The highest BCUT2D eigenvalue weighted by Gasteiger charge is 2.26. The van der Waals surface area contributed by atoms with Crippen molar-refractivity contribution in [2.75, 3.05) is 26.4 Å². The molecule has 0 rings (SSSR count). The largest absolute Gasteiger partial charge is 0.472 e. The van der Waals surface area contributed by atoms with Crippen LogP contribution in [0.1, 0.15) is 271 Å². The van der Waals surface area contributed by atoms with Gasteiger partial charge in [-0.2, -0.15) is 0 Å². The Kier molecular flexibility index (Phi) is 50.2. The van der Waals surface area contributed by atoms with Gasteiger partial charge in [0.25, 0.3) is 0 Å². The van der Waals surface area contributed by atoms with Gasteiger partial charge >= 0.3 is 19.8 Å². The number of carbonyl (C=O) groups excluding carboxylic acids is 2. The molecule has 0 aromatic heterocycles. The van der Waals surface area contributed by atoms with Crippen LogP contribution in [-0.2, 0) is 32.7 Å². The lowest BCUT2D eigenvalue weighted by Crippen LogP contribution is -2.29. The molecular formula is C55H104NO8P. The summed E-state index contributed by atoms with van der Waals surface area (Å²) in [5, 5.41) is 0. The molecule has 0 aliphatic rings. The van der Waals surface area contributed by atoms with Crippen molar-refractivity contribution >= 4 is 19.8 Å². The van der Waals surface area contributed by atoms with E-state index in [4.69, 9.17) is 24.3 Å². The fourth-order valence-electron chi connectivity index (χ4n) is 7.94. The van der Waals surface area contributed by atoms with Gasteiger partial charge in [-0.15, -0.1) is 0 Å². The van der Waals surface area contributed by atoms with E-state index in [2.05, 4.69) is 50.3 Å². The maximum absolute atomic E-state index is 12.7. The van der Waals surface area contributed by atoms with Gasteiger partial charge in [-0.1, -0.05) is 243 Å². The second kappa shape index (κ2) is 51.6. The quantitative estimate of drug-likeness (QED) is 0.0264. The Hall–Kier alpha value is -1.77. The van der Waals surface area contributed by atoms with Crippen LogP contribution in [0, 0.1) is 0 Å². The number of phosphoric acid groups is 1. The summed E-state index contributed by atoms with van der Waals surface area (Å²) in [6.07, 6.45) is 60.4. The molecule has 0 saturated heterocycles. The van der Waals surface area contributed by atoms with Crippen LogP contribution in [0.25, 0.3) is 0 Å². The normalized spacial score (nSPS) is 13.4. The maximum Gasteiger partial charge on any atom is 0.472 e. The van der Waals surface area contributed by atoms with Crippen LogP contribution in [-0.4, -0.2) is 49.3 Å². The van der Waals surface area contributed by atoms with Crippen molar-refractivity contribution < 1.29 is 37.6 Å². The van der Waals surface area contributed by atoms with Crippen LogP contribution in [0.5, 0.6) is 0 Å². The van der Waals surface area contributed by atoms with Gasteiger partial charge < -0.3 is 20.1 Å². The number of carbonyl (C=O) groups is 2. The highest BCUT2D eigenvalue weighted by molar-refractivity contribution is 7.47. The van der Waals surface area contributed by atoms with Gasteiger partial charge in [0.2, 0.25) is 0 Å². The molecule has 0 bridgehead atoms. The van der Waals surface area contributed by atoms with E-state index >= 15 is 0 Å². The Morgan fingerprint density at radius 3 is 1.18 bits per heavy atom. The SMILES string of the molecule is CCCCCCC/C=C\C/C=C\C/C=C\CCCCCCCCCCCCC(=O)OC(COC(=O)CCCCCCCCCCCCCCCCCCCCC)COP(=O)(O)OCCN. The van der Waals surface area contributed by atoms with E-state index in [1.54, 1.807) is 0 Å². The van der Waals surface area contributed by atoms with Crippen molar-refractivity contribution in [3.8, 4) is 0 Å². The number of esters is 2. The molecule has 0 radical (unpaired) electrons. The lowest BCUT2D eigenvalue weighted by Gasteiger charge is -2.19. The van der Waals surface area contributed by atoms with E-state index in [0.29, 0.717) is 6.42 Å². The molecule has 3 N–H and O–H groups in total. The Balaban J connectivity index is 4.00. The average Bonchev–Trinajstić information content (AvgIpc) is 3.30. The number of phosphoric ester groups is 1. The zero-order valence-electron chi connectivity index (χ0n) is 42.5. The minimum Gasteiger partial charge on any atom is -0.462 e. The molecular weight excluding hydrogens is 834 g/mol. The molecule has 0 aromatic carbocycles. The van der Waals surface area contributed by atoms with Crippen LogP contribution in [0.4, 0.5) is 0 Å². The minimum absolute atomic E-state index is 0.0538. The molecule has 0 saturated carbocycles. The van der Waals surface area contributed by atoms with Crippen molar-refractivity contribution in [2.45, 2.75) is 277 Å². The summed E-state index contributed by atoms with van der Waals surface area (Å²) in [5.74, 6) is -0.819. The topological polar surface area (TPSA) is 134 Å². The molecule has 0 heterocycles. The first-order valence-corrected chi connectivity index (χ1v) is 29.0. The third-order valence-electron chi connectivity index (χ3n) is 12.0. The van der Waals surface area contributed by atoms with Crippen LogP contribution in [0.3, 0.4) is 0 Å². The van der Waals surface area contributed by atoms with Crippen molar-refractivity contribution in [1.82, 2.24) is 0 Å². The lowest BCUT2D eigenvalue weighted by molar-refractivity contribution is -0.161. The van der Waals surface area contributed by atoms with Crippen molar-refractivity contribution in [3.63, 3.8) is 0 Å². The zero-order chi connectivity index (χ0) is 47.4. The van der Waals surface area contributed by atoms with Crippen molar-refractivity contribution in [1.29, 1.82) is 0 Å². The van der Waals surface area contributed by atoms with E-state index in [1.807, 2.05) is 0 Å². The van der Waals surface area contributed by atoms with Crippen LogP contribution in [0.2, 0.25) is 0 Å². The summed E-state index contributed by atoms with van der Waals surface area (Å²) in [6.45, 7) is 3.77. The van der Waals surface area contributed by atoms with Crippen LogP contribution >= 0.6 is 7.82 Å². The smallest absolute Gasteiger partial charge is 0.462 e. The number of unbranched alkanes of at least 4 members (excludes halogenated alkanes) is 33. The van der Waals surface area contributed by atoms with E-state index in [9.17, 15) is 19.0 Å². The first-order chi connectivity index (χ1) is 31.8. The summed E-state index contributed by atoms with van der Waals surface area (Å²) in [6, 6.07) is 0. The van der Waals surface area contributed by atoms with E-state index in [-0.39, 0.29) is 38.6 Å². The zero-order valence-corrected chi connectivity index (χ0v) is 43.4. The number of hydrogen-bond donors (Lipinski definition) is 2. The third-order valence-corrected chi connectivity index (χ3v) is 13.0.